The Labute approximate surface area is 113 Å². The Hall–Kier alpha value is -0.330. The van der Waals surface area contributed by atoms with Crippen molar-refractivity contribution >= 4 is 6.29 Å². The standard InChI is InChI=1S/C17H30O/c1-11-9-14-7-6-8-17(4,5)16(14)15(13(11)3)12(2)10-18/h10-16H,6-9H2,1-5H3. The van der Waals surface area contributed by atoms with Crippen LogP contribution in [-0.4, -0.2) is 6.29 Å². The maximum Gasteiger partial charge on any atom is 0.123 e. The van der Waals surface area contributed by atoms with E-state index >= 15 is 0 Å². The summed E-state index contributed by atoms with van der Waals surface area (Å²) < 4.78 is 0. The van der Waals surface area contributed by atoms with Gasteiger partial charge in [0.15, 0.2) is 0 Å². The SMILES string of the molecule is CC(C=O)C1C(C)C(C)CC2CCCC(C)(C)C21. The maximum atomic E-state index is 11.3. The summed E-state index contributed by atoms with van der Waals surface area (Å²) in [6, 6.07) is 0. The first kappa shape index (κ1) is 14.1. The highest BCUT2D eigenvalue weighted by atomic mass is 16.1. The second-order valence-electron chi connectivity index (χ2n) is 7.81. The van der Waals surface area contributed by atoms with Crippen molar-refractivity contribution in [2.24, 2.45) is 40.9 Å². The molecule has 0 aliphatic heterocycles. The van der Waals surface area contributed by atoms with Gasteiger partial charge < -0.3 is 4.79 Å². The van der Waals surface area contributed by atoms with Crippen LogP contribution in [0.5, 0.6) is 0 Å². The zero-order chi connectivity index (χ0) is 13.5. The average Bonchev–Trinajstić information content (AvgIpc) is 2.30. The summed E-state index contributed by atoms with van der Waals surface area (Å²) in [6.45, 7) is 11.8. The van der Waals surface area contributed by atoms with Crippen molar-refractivity contribution in [3.05, 3.63) is 0 Å². The van der Waals surface area contributed by atoms with Crippen molar-refractivity contribution in [2.45, 2.75) is 60.3 Å². The van der Waals surface area contributed by atoms with E-state index < -0.39 is 0 Å². The Morgan fingerprint density at radius 1 is 1.28 bits per heavy atom. The first-order valence-electron chi connectivity index (χ1n) is 7.83. The highest BCUT2D eigenvalue weighted by Crippen LogP contribution is 2.57. The van der Waals surface area contributed by atoms with Crippen molar-refractivity contribution in [1.29, 1.82) is 0 Å². The molecule has 2 saturated carbocycles. The number of fused-ring (bicyclic) bond motifs is 1. The van der Waals surface area contributed by atoms with E-state index in [4.69, 9.17) is 0 Å². The van der Waals surface area contributed by atoms with Gasteiger partial charge >= 0.3 is 0 Å². The number of hydrogen-bond donors (Lipinski definition) is 0. The van der Waals surface area contributed by atoms with Gasteiger partial charge in [-0.05, 0) is 47.8 Å². The van der Waals surface area contributed by atoms with Crippen molar-refractivity contribution in [3.63, 3.8) is 0 Å². The minimum atomic E-state index is 0.229. The van der Waals surface area contributed by atoms with E-state index in [1.807, 2.05) is 0 Å². The van der Waals surface area contributed by atoms with Crippen LogP contribution in [0.15, 0.2) is 0 Å². The molecule has 2 aliphatic rings. The molecule has 2 aliphatic carbocycles. The lowest BCUT2D eigenvalue weighted by atomic mass is 9.49. The molecule has 6 unspecified atom stereocenters. The van der Waals surface area contributed by atoms with Gasteiger partial charge in [-0.25, -0.2) is 0 Å². The summed E-state index contributed by atoms with van der Waals surface area (Å²) in [5.74, 6) is 3.94. The molecule has 0 saturated heterocycles. The highest BCUT2D eigenvalue weighted by molar-refractivity contribution is 5.53. The van der Waals surface area contributed by atoms with E-state index in [9.17, 15) is 4.79 Å². The fourth-order valence-corrected chi connectivity index (χ4v) is 5.20. The number of hydrogen-bond acceptors (Lipinski definition) is 1. The summed E-state index contributed by atoms with van der Waals surface area (Å²) >= 11 is 0. The normalized spacial score (nSPS) is 45.1. The molecule has 0 bridgehead atoms. The Kier molecular flexibility index (Phi) is 3.90. The van der Waals surface area contributed by atoms with E-state index in [-0.39, 0.29) is 5.92 Å². The summed E-state index contributed by atoms with van der Waals surface area (Å²) in [6.07, 6.45) is 6.72. The van der Waals surface area contributed by atoms with Gasteiger partial charge in [-0.15, -0.1) is 0 Å². The molecule has 0 heterocycles. The molecule has 1 nitrogen and oxygen atoms in total. The van der Waals surface area contributed by atoms with Crippen LogP contribution >= 0.6 is 0 Å². The summed E-state index contributed by atoms with van der Waals surface area (Å²) in [4.78, 5) is 11.3. The topological polar surface area (TPSA) is 17.1 Å². The molecule has 0 amide bonds. The van der Waals surface area contributed by atoms with Crippen LogP contribution in [0.3, 0.4) is 0 Å². The third kappa shape index (κ3) is 2.26. The zero-order valence-electron chi connectivity index (χ0n) is 12.8. The van der Waals surface area contributed by atoms with E-state index in [2.05, 4.69) is 34.6 Å². The van der Waals surface area contributed by atoms with Crippen LogP contribution in [-0.2, 0) is 4.79 Å². The van der Waals surface area contributed by atoms with Crippen molar-refractivity contribution in [3.8, 4) is 0 Å². The minimum Gasteiger partial charge on any atom is -0.303 e. The van der Waals surface area contributed by atoms with Crippen LogP contribution < -0.4 is 0 Å². The molecule has 104 valence electrons. The smallest absolute Gasteiger partial charge is 0.123 e. The number of carbonyl (C=O) groups is 1. The quantitative estimate of drug-likeness (QED) is 0.657. The highest BCUT2D eigenvalue weighted by Gasteiger charge is 2.50. The Balaban J connectivity index is 2.33. The summed E-state index contributed by atoms with van der Waals surface area (Å²) in [5.41, 5.74) is 0.430. The lowest BCUT2D eigenvalue weighted by molar-refractivity contribution is -0.121. The average molecular weight is 250 g/mol. The molecule has 2 fully saturated rings. The Bertz CT molecular complexity index is 307. The van der Waals surface area contributed by atoms with E-state index in [0.717, 1.165) is 17.8 Å². The zero-order valence-corrected chi connectivity index (χ0v) is 12.8. The van der Waals surface area contributed by atoms with Gasteiger partial charge in [0.25, 0.3) is 0 Å². The molecule has 6 atom stereocenters. The predicted molar refractivity (Wildman–Crippen MR) is 76.3 cm³/mol. The maximum absolute atomic E-state index is 11.3. The summed E-state index contributed by atoms with van der Waals surface area (Å²) in [7, 11) is 0. The number of rotatable bonds is 2. The largest absolute Gasteiger partial charge is 0.303 e. The van der Waals surface area contributed by atoms with Crippen LogP contribution in [0.1, 0.15) is 60.3 Å². The van der Waals surface area contributed by atoms with Gasteiger partial charge in [0, 0.05) is 5.92 Å². The molecule has 0 radical (unpaired) electrons. The molecular formula is C17H30O. The first-order valence-corrected chi connectivity index (χ1v) is 7.83. The van der Waals surface area contributed by atoms with Gasteiger partial charge in [-0.3, -0.25) is 0 Å². The van der Waals surface area contributed by atoms with E-state index in [1.54, 1.807) is 0 Å². The van der Waals surface area contributed by atoms with Crippen LogP contribution in [0.4, 0.5) is 0 Å². The van der Waals surface area contributed by atoms with Gasteiger partial charge in [0.2, 0.25) is 0 Å². The lowest BCUT2D eigenvalue weighted by Gasteiger charge is -2.56. The van der Waals surface area contributed by atoms with Crippen molar-refractivity contribution < 1.29 is 4.79 Å². The molecule has 0 aromatic heterocycles. The Morgan fingerprint density at radius 2 is 1.94 bits per heavy atom. The summed E-state index contributed by atoms with van der Waals surface area (Å²) in [5, 5.41) is 0. The number of carbonyl (C=O) groups excluding carboxylic acids is 1. The van der Waals surface area contributed by atoms with Crippen LogP contribution in [0.2, 0.25) is 0 Å². The molecule has 0 aromatic rings. The second-order valence-corrected chi connectivity index (χ2v) is 7.81. The minimum absolute atomic E-state index is 0.229. The van der Waals surface area contributed by atoms with Crippen molar-refractivity contribution in [2.75, 3.05) is 0 Å². The Morgan fingerprint density at radius 3 is 2.56 bits per heavy atom. The number of aldehydes is 1. The molecule has 0 aromatic carbocycles. The first-order chi connectivity index (χ1) is 8.38. The van der Waals surface area contributed by atoms with Gasteiger partial charge in [0.05, 0.1) is 0 Å². The molecular weight excluding hydrogens is 220 g/mol. The molecule has 18 heavy (non-hydrogen) atoms. The fourth-order valence-electron chi connectivity index (χ4n) is 5.20. The molecule has 0 spiro atoms. The second kappa shape index (κ2) is 4.98. The lowest BCUT2D eigenvalue weighted by Crippen LogP contribution is -2.49. The van der Waals surface area contributed by atoms with Crippen LogP contribution in [0, 0.1) is 40.9 Å². The van der Waals surface area contributed by atoms with E-state index in [1.165, 1.54) is 32.0 Å². The van der Waals surface area contributed by atoms with Gasteiger partial charge in [-0.1, -0.05) is 47.5 Å². The predicted octanol–water partition coefficient (Wildman–Crippen LogP) is 4.56. The van der Waals surface area contributed by atoms with Gasteiger partial charge in [-0.2, -0.15) is 0 Å². The third-order valence-corrected chi connectivity index (χ3v) is 6.22. The van der Waals surface area contributed by atoms with Gasteiger partial charge in [0.1, 0.15) is 6.29 Å². The molecule has 0 N–H and O–H groups in total. The molecule has 2 rings (SSSR count). The van der Waals surface area contributed by atoms with E-state index in [0.29, 0.717) is 17.3 Å². The fraction of sp³-hybridized carbons (Fsp3) is 0.941. The molecule has 1 heteroatoms. The monoisotopic (exact) mass is 250 g/mol. The van der Waals surface area contributed by atoms with Crippen molar-refractivity contribution in [1.82, 2.24) is 0 Å². The van der Waals surface area contributed by atoms with Crippen LogP contribution in [0.25, 0.3) is 0 Å². The third-order valence-electron chi connectivity index (χ3n) is 6.22.